The maximum absolute atomic E-state index is 11.1. The number of carbonyl (C=O) groups excluding carboxylic acids is 1. The largest absolute Gasteiger partial charge is 0.478 e. The van der Waals surface area contributed by atoms with E-state index in [0.29, 0.717) is 5.56 Å². The van der Waals surface area contributed by atoms with Crippen LogP contribution in [0.4, 0.5) is 0 Å². The van der Waals surface area contributed by atoms with Gasteiger partial charge in [-0.15, -0.1) is 0 Å². The summed E-state index contributed by atoms with van der Waals surface area (Å²) < 4.78 is 0. The van der Waals surface area contributed by atoms with Crippen molar-refractivity contribution in [3.63, 3.8) is 0 Å². The van der Waals surface area contributed by atoms with E-state index in [1.54, 1.807) is 0 Å². The lowest BCUT2D eigenvalue weighted by atomic mass is 9.93. The highest BCUT2D eigenvalue weighted by molar-refractivity contribution is 6.20. The van der Waals surface area contributed by atoms with Crippen molar-refractivity contribution in [1.29, 1.82) is 0 Å². The second kappa shape index (κ2) is 4.82. The molecule has 1 aromatic carbocycles. The van der Waals surface area contributed by atoms with Gasteiger partial charge in [-0.2, -0.15) is 0 Å². The molecule has 0 heterocycles. The number of hydrogen-bond acceptors (Lipinski definition) is 2. The summed E-state index contributed by atoms with van der Waals surface area (Å²) >= 11 is 0. The Hall–Kier alpha value is -2.10. The summed E-state index contributed by atoms with van der Waals surface area (Å²) in [6.45, 7) is 5.56. The molecule has 0 bridgehead atoms. The predicted octanol–water partition coefficient (Wildman–Crippen LogP) is 1.57. The number of nitrogens with two attached hydrogens (primary N) is 1. The van der Waals surface area contributed by atoms with Crippen LogP contribution in [-0.2, 0) is 9.59 Å². The van der Waals surface area contributed by atoms with Crippen molar-refractivity contribution in [2.75, 3.05) is 0 Å². The number of hydrogen-bond donors (Lipinski definition) is 2. The monoisotopic (exact) mass is 233 g/mol. The molecule has 1 amide bonds. The zero-order valence-electron chi connectivity index (χ0n) is 10.1. The van der Waals surface area contributed by atoms with Crippen LogP contribution in [-0.4, -0.2) is 17.0 Å². The first-order valence-electron chi connectivity index (χ1n) is 5.15. The maximum atomic E-state index is 11.1. The van der Waals surface area contributed by atoms with Crippen LogP contribution in [0.3, 0.4) is 0 Å². The number of aryl methyl sites for hydroxylation is 3. The lowest BCUT2D eigenvalue weighted by molar-refractivity contribution is -0.130. The molecule has 90 valence electrons. The second-order valence-electron chi connectivity index (χ2n) is 4.04. The zero-order valence-corrected chi connectivity index (χ0v) is 10.1. The summed E-state index contributed by atoms with van der Waals surface area (Å²) in [5, 5.41) is 9.12. The van der Waals surface area contributed by atoms with E-state index in [2.05, 4.69) is 0 Å². The van der Waals surface area contributed by atoms with E-state index in [-0.39, 0.29) is 5.57 Å². The summed E-state index contributed by atoms with van der Waals surface area (Å²) in [6, 6.07) is 3.75. The van der Waals surface area contributed by atoms with Crippen molar-refractivity contribution < 1.29 is 14.7 Å². The number of benzene rings is 1. The molecular formula is C13H15NO3. The van der Waals surface area contributed by atoms with Gasteiger partial charge in [0.25, 0.3) is 0 Å². The van der Waals surface area contributed by atoms with Crippen LogP contribution < -0.4 is 5.73 Å². The molecule has 0 saturated carbocycles. The molecule has 0 radical (unpaired) electrons. The molecule has 0 atom stereocenters. The summed E-state index contributed by atoms with van der Waals surface area (Å²) in [5.74, 6) is -1.92. The number of aliphatic carboxylic acids is 1. The van der Waals surface area contributed by atoms with Gasteiger partial charge in [0.1, 0.15) is 0 Å². The smallest absolute Gasteiger partial charge is 0.336 e. The standard InChI is InChI=1S/C13H15NO3/c1-7-4-8(2)12(9(3)5-7)10(13(16)17)6-11(14)15/h4-6H,1-3H3,(H2,14,15)(H,16,17)/b10-6-. The van der Waals surface area contributed by atoms with Crippen molar-refractivity contribution in [1.82, 2.24) is 0 Å². The number of amides is 1. The van der Waals surface area contributed by atoms with Crippen molar-refractivity contribution in [2.45, 2.75) is 20.8 Å². The highest BCUT2D eigenvalue weighted by atomic mass is 16.4. The molecule has 0 fully saturated rings. The van der Waals surface area contributed by atoms with E-state index < -0.39 is 11.9 Å². The third-order valence-corrected chi connectivity index (χ3v) is 2.46. The fraction of sp³-hybridized carbons (Fsp3) is 0.231. The molecule has 0 saturated heterocycles. The van der Waals surface area contributed by atoms with Crippen LogP contribution in [0.5, 0.6) is 0 Å². The minimum atomic E-state index is -1.15. The van der Waals surface area contributed by atoms with Crippen LogP contribution in [0, 0.1) is 20.8 Å². The Bertz CT molecular complexity index is 492. The lowest BCUT2D eigenvalue weighted by Gasteiger charge is -2.11. The molecule has 1 aromatic rings. The zero-order chi connectivity index (χ0) is 13.2. The highest BCUT2D eigenvalue weighted by Gasteiger charge is 2.16. The van der Waals surface area contributed by atoms with Gasteiger partial charge in [0.2, 0.25) is 5.91 Å². The van der Waals surface area contributed by atoms with E-state index in [1.165, 1.54) is 0 Å². The van der Waals surface area contributed by atoms with E-state index >= 15 is 0 Å². The molecule has 0 aliphatic carbocycles. The minimum absolute atomic E-state index is 0.0625. The third-order valence-electron chi connectivity index (χ3n) is 2.46. The van der Waals surface area contributed by atoms with Gasteiger partial charge in [-0.25, -0.2) is 4.79 Å². The predicted molar refractivity (Wildman–Crippen MR) is 65.5 cm³/mol. The fourth-order valence-corrected chi connectivity index (χ4v) is 1.99. The Kier molecular flexibility index (Phi) is 3.68. The van der Waals surface area contributed by atoms with Crippen LogP contribution in [0.25, 0.3) is 5.57 Å². The number of carbonyl (C=O) groups is 2. The Morgan fingerprint density at radius 1 is 1.18 bits per heavy atom. The van der Waals surface area contributed by atoms with Crippen LogP contribution >= 0.6 is 0 Å². The van der Waals surface area contributed by atoms with Gasteiger partial charge in [-0.3, -0.25) is 4.79 Å². The number of rotatable bonds is 3. The Morgan fingerprint density at radius 3 is 2.00 bits per heavy atom. The van der Waals surface area contributed by atoms with Crippen molar-refractivity contribution in [3.05, 3.63) is 40.5 Å². The van der Waals surface area contributed by atoms with E-state index in [9.17, 15) is 9.59 Å². The Balaban J connectivity index is 3.50. The molecule has 17 heavy (non-hydrogen) atoms. The number of carboxylic acids is 1. The topological polar surface area (TPSA) is 80.4 Å². The molecule has 0 spiro atoms. The Labute approximate surface area is 99.8 Å². The van der Waals surface area contributed by atoms with Crippen LogP contribution in [0.15, 0.2) is 18.2 Å². The minimum Gasteiger partial charge on any atom is -0.478 e. The van der Waals surface area contributed by atoms with Gasteiger partial charge in [0.05, 0.1) is 5.57 Å². The van der Waals surface area contributed by atoms with Gasteiger partial charge in [0, 0.05) is 6.08 Å². The molecule has 0 aliphatic heterocycles. The van der Waals surface area contributed by atoms with Gasteiger partial charge in [-0.05, 0) is 37.5 Å². The lowest BCUT2D eigenvalue weighted by Crippen LogP contribution is -2.12. The van der Waals surface area contributed by atoms with Gasteiger partial charge < -0.3 is 10.8 Å². The van der Waals surface area contributed by atoms with Crippen LogP contribution in [0.1, 0.15) is 22.3 Å². The van der Waals surface area contributed by atoms with Crippen molar-refractivity contribution in [2.24, 2.45) is 5.73 Å². The molecule has 4 heteroatoms. The molecule has 0 aliphatic rings. The van der Waals surface area contributed by atoms with E-state index in [1.807, 2.05) is 32.9 Å². The first kappa shape index (κ1) is 13.0. The quantitative estimate of drug-likeness (QED) is 0.777. The first-order valence-corrected chi connectivity index (χ1v) is 5.15. The first-order chi connectivity index (χ1) is 7.82. The third kappa shape index (κ3) is 2.93. The van der Waals surface area contributed by atoms with E-state index in [0.717, 1.165) is 22.8 Å². The summed E-state index contributed by atoms with van der Waals surface area (Å²) in [5.41, 5.74) is 8.20. The molecule has 0 unspecified atom stereocenters. The van der Waals surface area contributed by atoms with Crippen molar-refractivity contribution in [3.8, 4) is 0 Å². The average Bonchev–Trinajstić information content (AvgIpc) is 2.13. The average molecular weight is 233 g/mol. The molecule has 1 rings (SSSR count). The SMILES string of the molecule is Cc1cc(C)c(/C(=C/C(N)=O)C(=O)O)c(C)c1. The summed E-state index contributed by atoms with van der Waals surface area (Å²) in [7, 11) is 0. The molecule has 4 nitrogen and oxygen atoms in total. The molecule has 3 N–H and O–H groups in total. The Morgan fingerprint density at radius 2 is 1.65 bits per heavy atom. The molecular weight excluding hydrogens is 218 g/mol. The van der Waals surface area contributed by atoms with Gasteiger partial charge in [0.15, 0.2) is 0 Å². The highest BCUT2D eigenvalue weighted by Crippen LogP contribution is 2.24. The van der Waals surface area contributed by atoms with Gasteiger partial charge >= 0.3 is 5.97 Å². The number of primary amides is 1. The van der Waals surface area contributed by atoms with Crippen molar-refractivity contribution >= 4 is 17.4 Å². The molecule has 0 aromatic heterocycles. The maximum Gasteiger partial charge on any atom is 0.336 e. The second-order valence-corrected chi connectivity index (χ2v) is 4.04. The normalized spacial score (nSPS) is 11.4. The summed E-state index contributed by atoms with van der Waals surface area (Å²) in [4.78, 5) is 22.0. The fourth-order valence-electron chi connectivity index (χ4n) is 1.99. The van der Waals surface area contributed by atoms with E-state index in [4.69, 9.17) is 10.8 Å². The number of carboxylic acid groups (broad SMARTS) is 1. The van der Waals surface area contributed by atoms with Crippen LogP contribution in [0.2, 0.25) is 0 Å². The summed E-state index contributed by atoms with van der Waals surface area (Å²) in [6.07, 6.45) is 0.951. The van der Waals surface area contributed by atoms with Gasteiger partial charge in [-0.1, -0.05) is 17.7 Å².